The van der Waals surface area contributed by atoms with Crippen molar-refractivity contribution in [1.29, 1.82) is 0 Å². The third-order valence-electron chi connectivity index (χ3n) is 4.44. The summed E-state index contributed by atoms with van der Waals surface area (Å²) in [7, 11) is 0. The van der Waals surface area contributed by atoms with Crippen molar-refractivity contribution >= 4 is 17.6 Å². The van der Waals surface area contributed by atoms with Crippen LogP contribution in [0.1, 0.15) is 57.1 Å². The summed E-state index contributed by atoms with van der Waals surface area (Å²) in [5.74, 6) is -0.664. The van der Waals surface area contributed by atoms with E-state index in [1.807, 2.05) is 6.07 Å². The standard InChI is InChI=1S/C18H28N2O.C2H4O2/c1-4-5-12-20-13-7-6-11-16(20)18(21)19-17-14(2)9-8-10-15(17)3;1-2(3)4/h8-10,16H,4-7,11-13H2,1-3H3,(H,19,21);1H3,(H,3,4)/t16-;/m0./s1. The van der Waals surface area contributed by atoms with Gasteiger partial charge in [-0.25, -0.2) is 0 Å². The van der Waals surface area contributed by atoms with Crippen LogP contribution in [0.15, 0.2) is 18.2 Å². The van der Waals surface area contributed by atoms with E-state index in [0.29, 0.717) is 0 Å². The molecule has 1 fully saturated rings. The molecule has 5 nitrogen and oxygen atoms in total. The molecule has 1 aromatic rings. The number of amides is 1. The molecule has 1 aromatic carbocycles. The van der Waals surface area contributed by atoms with Crippen LogP contribution in [-0.4, -0.2) is 41.0 Å². The van der Waals surface area contributed by atoms with Crippen molar-refractivity contribution in [1.82, 2.24) is 4.90 Å². The molecule has 0 aromatic heterocycles. The molecule has 1 atom stereocenters. The lowest BCUT2D eigenvalue weighted by atomic mass is 10.00. The van der Waals surface area contributed by atoms with E-state index in [1.54, 1.807) is 0 Å². The molecule has 1 aliphatic heterocycles. The summed E-state index contributed by atoms with van der Waals surface area (Å²) in [5, 5.41) is 10.6. The molecule has 0 unspecified atom stereocenters. The molecule has 2 N–H and O–H groups in total. The predicted octanol–water partition coefficient (Wildman–Crippen LogP) is 3.99. The number of piperidine rings is 1. The van der Waals surface area contributed by atoms with Crippen molar-refractivity contribution in [2.24, 2.45) is 0 Å². The quantitative estimate of drug-likeness (QED) is 0.844. The Bertz CT molecular complexity index is 548. The Hall–Kier alpha value is -1.88. The number of likely N-dealkylation sites (tertiary alicyclic amines) is 1. The summed E-state index contributed by atoms with van der Waals surface area (Å²) in [6, 6.07) is 6.19. The number of hydrogen-bond acceptors (Lipinski definition) is 3. The Morgan fingerprint density at radius 1 is 1.24 bits per heavy atom. The van der Waals surface area contributed by atoms with Crippen molar-refractivity contribution < 1.29 is 14.7 Å². The van der Waals surface area contributed by atoms with Crippen molar-refractivity contribution in [3.63, 3.8) is 0 Å². The van der Waals surface area contributed by atoms with E-state index in [-0.39, 0.29) is 11.9 Å². The predicted molar refractivity (Wildman–Crippen MR) is 102 cm³/mol. The highest BCUT2D eigenvalue weighted by Gasteiger charge is 2.28. The number of benzene rings is 1. The number of aliphatic carboxylic acids is 1. The average molecular weight is 348 g/mol. The van der Waals surface area contributed by atoms with Crippen LogP contribution < -0.4 is 5.32 Å². The van der Waals surface area contributed by atoms with Gasteiger partial charge in [0.1, 0.15) is 0 Å². The zero-order chi connectivity index (χ0) is 18.8. The number of anilines is 1. The van der Waals surface area contributed by atoms with Gasteiger partial charge in [-0.3, -0.25) is 14.5 Å². The highest BCUT2D eigenvalue weighted by molar-refractivity contribution is 5.96. The van der Waals surface area contributed by atoms with Gasteiger partial charge in [-0.1, -0.05) is 38.0 Å². The molecule has 5 heteroatoms. The van der Waals surface area contributed by atoms with Crippen LogP contribution in [-0.2, 0) is 9.59 Å². The summed E-state index contributed by atoms with van der Waals surface area (Å²) in [6.07, 6.45) is 5.72. The molecular weight excluding hydrogens is 316 g/mol. The van der Waals surface area contributed by atoms with Gasteiger partial charge < -0.3 is 10.4 Å². The monoisotopic (exact) mass is 348 g/mol. The lowest BCUT2D eigenvalue weighted by Crippen LogP contribution is -2.47. The molecule has 1 aliphatic rings. The number of aryl methyl sites for hydroxylation is 2. The molecule has 140 valence electrons. The Labute approximate surface area is 151 Å². The molecule has 1 saturated heterocycles. The fraction of sp³-hybridized carbons (Fsp3) is 0.600. The van der Waals surface area contributed by atoms with E-state index in [0.717, 1.165) is 49.7 Å². The van der Waals surface area contributed by atoms with Crippen molar-refractivity contribution in [3.8, 4) is 0 Å². The second-order valence-corrected chi connectivity index (χ2v) is 6.68. The molecular formula is C20H32N2O3. The minimum absolute atomic E-state index is 0.0457. The highest BCUT2D eigenvalue weighted by atomic mass is 16.4. The third kappa shape index (κ3) is 7.26. The van der Waals surface area contributed by atoms with Gasteiger partial charge >= 0.3 is 0 Å². The number of nitrogens with zero attached hydrogens (tertiary/aromatic N) is 1. The molecule has 1 amide bonds. The smallest absolute Gasteiger partial charge is 0.300 e. The first-order valence-electron chi connectivity index (χ1n) is 9.17. The Morgan fingerprint density at radius 3 is 2.40 bits per heavy atom. The van der Waals surface area contributed by atoms with Gasteiger partial charge in [0.05, 0.1) is 6.04 Å². The Morgan fingerprint density at radius 2 is 1.84 bits per heavy atom. The number of rotatable bonds is 5. The van der Waals surface area contributed by atoms with Gasteiger partial charge in [0.2, 0.25) is 5.91 Å². The van der Waals surface area contributed by atoms with Crippen LogP contribution in [0.3, 0.4) is 0 Å². The molecule has 2 rings (SSSR count). The normalized spacial score (nSPS) is 17.4. The van der Waals surface area contributed by atoms with Crippen LogP contribution in [0.25, 0.3) is 0 Å². The molecule has 1 heterocycles. The first kappa shape index (κ1) is 21.2. The van der Waals surface area contributed by atoms with Crippen LogP contribution in [0.5, 0.6) is 0 Å². The maximum Gasteiger partial charge on any atom is 0.300 e. The molecule has 0 saturated carbocycles. The number of carboxylic acid groups (broad SMARTS) is 1. The Balaban J connectivity index is 0.000000705. The van der Waals surface area contributed by atoms with E-state index < -0.39 is 5.97 Å². The maximum atomic E-state index is 12.7. The second-order valence-electron chi connectivity index (χ2n) is 6.68. The minimum atomic E-state index is -0.833. The van der Waals surface area contributed by atoms with Crippen LogP contribution in [0.2, 0.25) is 0 Å². The first-order valence-corrected chi connectivity index (χ1v) is 9.17. The van der Waals surface area contributed by atoms with Gasteiger partial charge in [0.25, 0.3) is 5.97 Å². The maximum absolute atomic E-state index is 12.7. The van der Waals surface area contributed by atoms with Gasteiger partial charge in [-0.15, -0.1) is 0 Å². The van der Waals surface area contributed by atoms with E-state index >= 15 is 0 Å². The van der Waals surface area contributed by atoms with Crippen LogP contribution in [0.4, 0.5) is 5.69 Å². The zero-order valence-electron chi connectivity index (χ0n) is 16.0. The summed E-state index contributed by atoms with van der Waals surface area (Å²) < 4.78 is 0. The second kappa shape index (κ2) is 10.9. The van der Waals surface area contributed by atoms with Crippen LogP contribution >= 0.6 is 0 Å². The number of hydrogen-bond donors (Lipinski definition) is 2. The summed E-state index contributed by atoms with van der Waals surface area (Å²) in [4.78, 5) is 24.1. The third-order valence-corrected chi connectivity index (χ3v) is 4.44. The van der Waals surface area contributed by atoms with Crippen molar-refractivity contribution in [2.75, 3.05) is 18.4 Å². The first-order chi connectivity index (χ1) is 11.9. The van der Waals surface area contributed by atoms with Gasteiger partial charge in [-0.05, 0) is 57.3 Å². The zero-order valence-corrected chi connectivity index (χ0v) is 16.0. The molecule has 0 radical (unpaired) electrons. The minimum Gasteiger partial charge on any atom is -0.481 e. The summed E-state index contributed by atoms with van der Waals surface area (Å²) >= 11 is 0. The number of carbonyl (C=O) groups is 2. The van der Waals surface area contributed by atoms with Gasteiger partial charge in [0, 0.05) is 12.6 Å². The van der Waals surface area contributed by atoms with Crippen LogP contribution in [0, 0.1) is 13.8 Å². The van der Waals surface area contributed by atoms with E-state index in [4.69, 9.17) is 9.90 Å². The highest BCUT2D eigenvalue weighted by Crippen LogP contribution is 2.23. The number of para-hydroxylation sites is 1. The summed E-state index contributed by atoms with van der Waals surface area (Å²) in [6.45, 7) is 9.50. The number of carbonyl (C=O) groups excluding carboxylic acids is 1. The SMILES string of the molecule is CC(=O)O.CCCCN1CCCC[C@H]1C(=O)Nc1c(C)cccc1C. The van der Waals surface area contributed by atoms with Gasteiger partial charge in [-0.2, -0.15) is 0 Å². The number of unbranched alkanes of at least 4 members (excludes halogenated alkanes) is 1. The van der Waals surface area contributed by atoms with Crippen molar-refractivity contribution in [2.45, 2.75) is 65.8 Å². The Kier molecular flexibility index (Phi) is 9.21. The van der Waals surface area contributed by atoms with Crippen molar-refractivity contribution in [3.05, 3.63) is 29.3 Å². The molecule has 0 aliphatic carbocycles. The molecule has 0 bridgehead atoms. The molecule has 0 spiro atoms. The lowest BCUT2D eigenvalue weighted by molar-refractivity contribution is -0.134. The lowest BCUT2D eigenvalue weighted by Gasteiger charge is -2.34. The fourth-order valence-electron chi connectivity index (χ4n) is 3.13. The van der Waals surface area contributed by atoms with E-state index in [2.05, 4.69) is 43.1 Å². The molecule has 25 heavy (non-hydrogen) atoms. The topological polar surface area (TPSA) is 69.6 Å². The number of nitrogens with one attached hydrogen (secondary N) is 1. The van der Waals surface area contributed by atoms with E-state index in [1.165, 1.54) is 19.3 Å². The number of carboxylic acids is 1. The van der Waals surface area contributed by atoms with E-state index in [9.17, 15) is 4.79 Å². The van der Waals surface area contributed by atoms with Gasteiger partial charge in [0.15, 0.2) is 0 Å². The fourth-order valence-corrected chi connectivity index (χ4v) is 3.13. The summed E-state index contributed by atoms with van der Waals surface area (Å²) in [5.41, 5.74) is 3.27. The largest absolute Gasteiger partial charge is 0.481 e. The average Bonchev–Trinajstić information content (AvgIpc) is 2.56.